The third-order valence-corrected chi connectivity index (χ3v) is 5.22. The van der Waals surface area contributed by atoms with E-state index in [9.17, 15) is 0 Å². The van der Waals surface area contributed by atoms with Crippen LogP contribution in [0.1, 0.15) is 24.8 Å². The van der Waals surface area contributed by atoms with Crippen LogP contribution < -0.4 is 20.5 Å². The van der Waals surface area contributed by atoms with Gasteiger partial charge < -0.3 is 20.5 Å². The predicted molar refractivity (Wildman–Crippen MR) is 112 cm³/mol. The van der Waals surface area contributed by atoms with Crippen LogP contribution in [0, 0.1) is 0 Å². The van der Waals surface area contributed by atoms with Crippen molar-refractivity contribution >= 4 is 11.6 Å². The molecular formula is C22H28N4O2. The number of benzene rings is 2. The number of aliphatic imine (C=N–C) groups is 1. The summed E-state index contributed by atoms with van der Waals surface area (Å²) in [7, 11) is 0. The highest BCUT2D eigenvalue weighted by Crippen LogP contribution is 2.32. The zero-order valence-electron chi connectivity index (χ0n) is 16.1. The molecule has 1 saturated heterocycles. The normalized spacial score (nSPS) is 20.0. The monoisotopic (exact) mass is 380 g/mol. The van der Waals surface area contributed by atoms with Gasteiger partial charge in [0.2, 0.25) is 0 Å². The zero-order chi connectivity index (χ0) is 19.2. The van der Waals surface area contributed by atoms with Gasteiger partial charge in [0.1, 0.15) is 0 Å². The number of nitrogens with one attached hydrogen (secondary N) is 1. The Morgan fingerprint density at radius 1 is 1.07 bits per heavy atom. The molecule has 3 N–H and O–H groups in total. The number of nitrogens with two attached hydrogens (primary N) is 1. The number of likely N-dealkylation sites (tertiary alicyclic amines) is 1. The molecule has 0 aromatic heterocycles. The van der Waals surface area contributed by atoms with Crippen molar-refractivity contribution in [1.82, 2.24) is 4.90 Å². The van der Waals surface area contributed by atoms with Crippen molar-refractivity contribution in [3.8, 4) is 11.5 Å². The summed E-state index contributed by atoms with van der Waals surface area (Å²) >= 11 is 0. The molecule has 0 saturated carbocycles. The second-order valence-corrected chi connectivity index (χ2v) is 7.32. The van der Waals surface area contributed by atoms with Crippen molar-refractivity contribution in [1.29, 1.82) is 0 Å². The third-order valence-electron chi connectivity index (χ3n) is 5.22. The number of fused-ring (bicyclic) bond motifs is 1. The van der Waals surface area contributed by atoms with E-state index in [1.54, 1.807) is 0 Å². The number of nitrogens with zero attached hydrogens (tertiary/aromatic N) is 2. The second-order valence-electron chi connectivity index (χ2n) is 7.32. The van der Waals surface area contributed by atoms with Crippen LogP contribution in [-0.4, -0.2) is 43.2 Å². The van der Waals surface area contributed by atoms with Gasteiger partial charge in [0.25, 0.3) is 0 Å². The maximum Gasteiger partial charge on any atom is 0.193 e. The maximum atomic E-state index is 6.14. The molecule has 2 aromatic rings. The molecule has 1 unspecified atom stereocenters. The first-order valence-electron chi connectivity index (χ1n) is 10.0. The molecule has 0 bridgehead atoms. The maximum absolute atomic E-state index is 6.14. The molecule has 2 aliphatic rings. The van der Waals surface area contributed by atoms with Crippen LogP contribution in [0.3, 0.4) is 0 Å². The number of guanidine groups is 1. The first-order valence-corrected chi connectivity index (χ1v) is 10.0. The van der Waals surface area contributed by atoms with Crippen molar-refractivity contribution < 1.29 is 9.47 Å². The molecule has 2 aromatic carbocycles. The summed E-state index contributed by atoms with van der Waals surface area (Å²) < 4.78 is 11.4. The Labute approximate surface area is 166 Å². The summed E-state index contributed by atoms with van der Waals surface area (Å²) in [5.74, 6) is 1.96. The fourth-order valence-electron chi connectivity index (χ4n) is 3.76. The highest BCUT2D eigenvalue weighted by Gasteiger charge is 2.24. The Morgan fingerprint density at radius 3 is 2.75 bits per heavy atom. The lowest BCUT2D eigenvalue weighted by molar-refractivity contribution is 0.250. The molecule has 1 atom stereocenters. The summed E-state index contributed by atoms with van der Waals surface area (Å²) in [5.41, 5.74) is 8.34. The Morgan fingerprint density at radius 2 is 1.89 bits per heavy atom. The summed E-state index contributed by atoms with van der Waals surface area (Å²) in [6.07, 6.45) is 3.26. The number of anilines is 1. The zero-order valence-corrected chi connectivity index (χ0v) is 16.1. The van der Waals surface area contributed by atoms with E-state index >= 15 is 0 Å². The van der Waals surface area contributed by atoms with E-state index in [0.29, 0.717) is 31.8 Å². The lowest BCUT2D eigenvalue weighted by Crippen LogP contribution is -2.33. The van der Waals surface area contributed by atoms with Gasteiger partial charge in [0.05, 0.1) is 19.8 Å². The van der Waals surface area contributed by atoms with E-state index < -0.39 is 0 Å². The first kappa shape index (κ1) is 18.6. The van der Waals surface area contributed by atoms with Crippen LogP contribution in [0.4, 0.5) is 5.69 Å². The standard InChI is InChI=1S/C22H28N4O2/c23-22(25-18-9-10-20-21(14-18)28-13-5-12-27-20)24-15-19-8-4-11-26(19)16-17-6-2-1-3-7-17/h1-3,6-7,9-10,14,19H,4-5,8,11-13,15-16H2,(H3,23,24,25). The van der Waals surface area contributed by atoms with Gasteiger partial charge in [0.15, 0.2) is 17.5 Å². The molecular weight excluding hydrogens is 352 g/mol. The minimum atomic E-state index is 0.432. The van der Waals surface area contributed by atoms with Crippen LogP contribution in [0.15, 0.2) is 53.5 Å². The third kappa shape index (κ3) is 4.75. The molecule has 2 heterocycles. The summed E-state index contributed by atoms with van der Waals surface area (Å²) in [5, 5.41) is 3.17. The Balaban J connectivity index is 1.34. The second kappa shape index (κ2) is 8.97. The van der Waals surface area contributed by atoms with E-state index in [1.807, 2.05) is 18.2 Å². The molecule has 0 amide bonds. The van der Waals surface area contributed by atoms with Crippen LogP contribution in [0.2, 0.25) is 0 Å². The van der Waals surface area contributed by atoms with Crippen LogP contribution in [0.5, 0.6) is 11.5 Å². The molecule has 0 aliphatic carbocycles. The van der Waals surface area contributed by atoms with Gasteiger partial charge in [-0.1, -0.05) is 30.3 Å². The van der Waals surface area contributed by atoms with Gasteiger partial charge in [-0.25, -0.2) is 0 Å². The van der Waals surface area contributed by atoms with Gasteiger partial charge in [-0.2, -0.15) is 0 Å². The van der Waals surface area contributed by atoms with Crippen molar-refractivity contribution in [3.05, 3.63) is 54.1 Å². The van der Waals surface area contributed by atoms with E-state index in [1.165, 1.54) is 12.0 Å². The van der Waals surface area contributed by atoms with Crippen molar-refractivity contribution in [3.63, 3.8) is 0 Å². The SMILES string of the molecule is NC(=NCC1CCCN1Cc1ccccc1)Nc1ccc2c(c1)OCCCO2. The minimum Gasteiger partial charge on any atom is -0.490 e. The lowest BCUT2D eigenvalue weighted by Gasteiger charge is -2.23. The Hall–Kier alpha value is -2.73. The average molecular weight is 380 g/mol. The molecule has 0 spiro atoms. The quantitative estimate of drug-likeness (QED) is 0.615. The first-order chi connectivity index (χ1) is 13.8. The summed E-state index contributed by atoms with van der Waals surface area (Å²) in [4.78, 5) is 7.09. The average Bonchev–Trinajstić information content (AvgIpc) is 3.01. The Bertz CT molecular complexity index is 809. The van der Waals surface area contributed by atoms with Gasteiger partial charge in [-0.15, -0.1) is 0 Å². The summed E-state index contributed by atoms with van der Waals surface area (Å²) in [6.45, 7) is 4.14. The van der Waals surface area contributed by atoms with Crippen LogP contribution in [0.25, 0.3) is 0 Å². The molecule has 6 nitrogen and oxygen atoms in total. The van der Waals surface area contributed by atoms with E-state index in [-0.39, 0.29) is 0 Å². The highest BCUT2D eigenvalue weighted by atomic mass is 16.5. The van der Waals surface area contributed by atoms with Crippen molar-refractivity contribution in [2.24, 2.45) is 10.7 Å². The topological polar surface area (TPSA) is 72.1 Å². The van der Waals surface area contributed by atoms with Crippen LogP contribution >= 0.6 is 0 Å². The van der Waals surface area contributed by atoms with Crippen LogP contribution in [-0.2, 0) is 6.54 Å². The molecule has 0 radical (unpaired) electrons. The lowest BCUT2D eigenvalue weighted by atomic mass is 10.2. The van der Waals surface area contributed by atoms with E-state index in [2.05, 4.69) is 45.5 Å². The molecule has 6 heteroatoms. The molecule has 148 valence electrons. The highest BCUT2D eigenvalue weighted by molar-refractivity contribution is 5.92. The van der Waals surface area contributed by atoms with Crippen molar-refractivity contribution in [2.45, 2.75) is 31.8 Å². The van der Waals surface area contributed by atoms with Gasteiger partial charge in [-0.05, 0) is 37.1 Å². The largest absolute Gasteiger partial charge is 0.490 e. The predicted octanol–water partition coefficient (Wildman–Crippen LogP) is 3.24. The molecule has 1 fully saturated rings. The molecule has 4 rings (SSSR count). The molecule has 2 aliphatic heterocycles. The molecule has 28 heavy (non-hydrogen) atoms. The van der Waals surface area contributed by atoms with Crippen molar-refractivity contribution in [2.75, 3.05) is 31.6 Å². The van der Waals surface area contributed by atoms with E-state index in [4.69, 9.17) is 15.2 Å². The van der Waals surface area contributed by atoms with Gasteiger partial charge in [-0.3, -0.25) is 9.89 Å². The Kier molecular flexibility index (Phi) is 5.97. The number of hydrogen-bond acceptors (Lipinski definition) is 4. The van der Waals surface area contributed by atoms with E-state index in [0.717, 1.165) is 43.1 Å². The van der Waals surface area contributed by atoms with Gasteiger partial charge >= 0.3 is 0 Å². The minimum absolute atomic E-state index is 0.432. The fraction of sp³-hybridized carbons (Fsp3) is 0.409. The summed E-state index contributed by atoms with van der Waals surface area (Å²) in [6, 6.07) is 16.8. The number of rotatable bonds is 5. The number of ether oxygens (including phenoxy) is 2. The van der Waals surface area contributed by atoms with Gasteiger partial charge in [0, 0.05) is 30.8 Å². The smallest absolute Gasteiger partial charge is 0.193 e. The number of hydrogen-bond donors (Lipinski definition) is 2. The fourth-order valence-corrected chi connectivity index (χ4v) is 3.76.